The van der Waals surface area contributed by atoms with Crippen LogP contribution < -0.4 is 10.6 Å². The third kappa shape index (κ3) is 5.09. The van der Waals surface area contributed by atoms with Crippen molar-refractivity contribution in [3.8, 4) is 11.1 Å². The number of carbonyl (C=O) groups is 3. The lowest BCUT2D eigenvalue weighted by Gasteiger charge is -2.16. The number of hydrogen-bond donors (Lipinski definition) is 3. The smallest absolute Gasteiger partial charge is 0.411 e. The van der Waals surface area contributed by atoms with E-state index in [1.165, 1.54) is 6.92 Å². The standard InChI is InChI=1S/C27H26N2O5/c1-17(26(31)32)28-25(30)15-14-18-8-2-7-13-24(18)29-27(33)34-16-23-21-11-5-3-9-19(21)20-10-4-6-12-22(20)23/h2-13,17,23H,14-16H2,1H3,(H,28,30)(H,29,33)(H,31,32)/t17-/m1/s1. The second-order valence-electron chi connectivity index (χ2n) is 8.24. The molecule has 0 saturated heterocycles. The molecule has 0 radical (unpaired) electrons. The Morgan fingerprint density at radius 2 is 1.50 bits per heavy atom. The summed E-state index contributed by atoms with van der Waals surface area (Å²) in [5, 5.41) is 14.1. The molecular weight excluding hydrogens is 432 g/mol. The van der Waals surface area contributed by atoms with E-state index in [0.29, 0.717) is 12.1 Å². The minimum atomic E-state index is -1.09. The Bertz CT molecular complexity index is 1180. The fourth-order valence-electron chi connectivity index (χ4n) is 4.23. The van der Waals surface area contributed by atoms with Crippen LogP contribution in [0.25, 0.3) is 11.1 Å². The van der Waals surface area contributed by atoms with Crippen molar-refractivity contribution < 1.29 is 24.2 Å². The van der Waals surface area contributed by atoms with Crippen molar-refractivity contribution in [2.24, 2.45) is 0 Å². The van der Waals surface area contributed by atoms with Gasteiger partial charge in [0.15, 0.2) is 0 Å². The number of hydrogen-bond acceptors (Lipinski definition) is 4. The zero-order valence-electron chi connectivity index (χ0n) is 18.8. The van der Waals surface area contributed by atoms with E-state index in [0.717, 1.165) is 27.8 Å². The first-order chi connectivity index (χ1) is 16.4. The Balaban J connectivity index is 1.37. The summed E-state index contributed by atoms with van der Waals surface area (Å²) in [6.45, 7) is 1.62. The van der Waals surface area contributed by atoms with Crippen LogP contribution in [0.15, 0.2) is 72.8 Å². The SMILES string of the molecule is C[C@@H](NC(=O)CCc1ccccc1NC(=O)OCC1c2ccccc2-c2ccccc21)C(=O)O. The number of amides is 2. The van der Waals surface area contributed by atoms with E-state index in [1.807, 2.05) is 36.4 Å². The molecule has 0 unspecified atom stereocenters. The lowest BCUT2D eigenvalue weighted by Crippen LogP contribution is -2.38. The summed E-state index contributed by atoms with van der Waals surface area (Å²) in [7, 11) is 0. The first-order valence-electron chi connectivity index (χ1n) is 11.2. The fraction of sp³-hybridized carbons (Fsp3) is 0.222. The number of carboxylic acid groups (broad SMARTS) is 1. The number of nitrogens with one attached hydrogen (secondary N) is 2. The molecule has 3 aromatic rings. The highest BCUT2D eigenvalue weighted by molar-refractivity contribution is 5.87. The average molecular weight is 459 g/mol. The predicted molar refractivity (Wildman–Crippen MR) is 129 cm³/mol. The van der Waals surface area contributed by atoms with Crippen LogP contribution in [0.3, 0.4) is 0 Å². The zero-order chi connectivity index (χ0) is 24.1. The van der Waals surface area contributed by atoms with Gasteiger partial charge in [0.25, 0.3) is 0 Å². The number of carbonyl (C=O) groups excluding carboxylic acids is 2. The molecule has 2 amide bonds. The third-order valence-corrected chi connectivity index (χ3v) is 5.97. The minimum Gasteiger partial charge on any atom is -0.480 e. The van der Waals surface area contributed by atoms with E-state index >= 15 is 0 Å². The van der Waals surface area contributed by atoms with Gasteiger partial charge in [-0.2, -0.15) is 0 Å². The Morgan fingerprint density at radius 3 is 2.15 bits per heavy atom. The van der Waals surface area contributed by atoms with E-state index in [9.17, 15) is 14.4 Å². The maximum Gasteiger partial charge on any atom is 0.411 e. The average Bonchev–Trinajstić information content (AvgIpc) is 3.16. The summed E-state index contributed by atoms with van der Waals surface area (Å²) >= 11 is 0. The summed E-state index contributed by atoms with van der Waals surface area (Å²) in [5.41, 5.74) is 5.91. The second kappa shape index (κ2) is 10.2. The highest BCUT2D eigenvalue weighted by atomic mass is 16.5. The van der Waals surface area contributed by atoms with Gasteiger partial charge < -0.3 is 15.2 Å². The van der Waals surface area contributed by atoms with Gasteiger partial charge in [0.05, 0.1) is 0 Å². The molecule has 34 heavy (non-hydrogen) atoms. The third-order valence-electron chi connectivity index (χ3n) is 5.97. The van der Waals surface area contributed by atoms with Crippen LogP contribution in [0.4, 0.5) is 10.5 Å². The van der Waals surface area contributed by atoms with Gasteiger partial charge in [0.1, 0.15) is 12.6 Å². The summed E-state index contributed by atoms with van der Waals surface area (Å²) in [6, 6.07) is 22.5. The van der Waals surface area contributed by atoms with Gasteiger partial charge in [-0.1, -0.05) is 66.7 Å². The molecule has 0 aromatic heterocycles. The number of rotatable bonds is 8. The van der Waals surface area contributed by atoms with Gasteiger partial charge in [0.2, 0.25) is 5.91 Å². The van der Waals surface area contributed by atoms with Crippen molar-refractivity contribution in [3.05, 3.63) is 89.5 Å². The van der Waals surface area contributed by atoms with Crippen LogP contribution in [0.2, 0.25) is 0 Å². The largest absolute Gasteiger partial charge is 0.480 e. The Hall–Kier alpha value is -4.13. The number of benzene rings is 3. The second-order valence-corrected chi connectivity index (χ2v) is 8.24. The maximum absolute atomic E-state index is 12.6. The predicted octanol–water partition coefficient (Wildman–Crippen LogP) is 4.57. The van der Waals surface area contributed by atoms with Crippen molar-refractivity contribution in [2.45, 2.75) is 31.7 Å². The van der Waals surface area contributed by atoms with Gasteiger partial charge in [-0.15, -0.1) is 0 Å². The van der Waals surface area contributed by atoms with Gasteiger partial charge in [-0.3, -0.25) is 14.9 Å². The highest BCUT2D eigenvalue weighted by Crippen LogP contribution is 2.44. The summed E-state index contributed by atoms with van der Waals surface area (Å²) < 4.78 is 5.61. The molecule has 3 aromatic carbocycles. The lowest BCUT2D eigenvalue weighted by molar-refractivity contribution is -0.141. The molecule has 0 fully saturated rings. The first kappa shape index (κ1) is 23.0. The van der Waals surface area contributed by atoms with Gasteiger partial charge in [-0.05, 0) is 47.2 Å². The molecule has 0 heterocycles. The molecule has 0 bridgehead atoms. The van der Waals surface area contributed by atoms with E-state index in [4.69, 9.17) is 9.84 Å². The Labute approximate surface area is 197 Å². The Kier molecular flexibility index (Phi) is 6.92. The van der Waals surface area contributed by atoms with E-state index in [1.54, 1.807) is 12.1 Å². The molecular formula is C27H26N2O5. The van der Waals surface area contributed by atoms with E-state index < -0.39 is 18.1 Å². The van der Waals surface area contributed by atoms with Crippen LogP contribution in [-0.4, -0.2) is 35.7 Å². The van der Waals surface area contributed by atoms with Crippen LogP contribution >= 0.6 is 0 Å². The number of fused-ring (bicyclic) bond motifs is 3. The molecule has 1 aliphatic carbocycles. The Morgan fingerprint density at radius 1 is 0.912 bits per heavy atom. The molecule has 0 spiro atoms. The summed E-state index contributed by atoms with van der Waals surface area (Å²) in [6.07, 6.45) is -0.128. The van der Waals surface area contributed by atoms with Gasteiger partial charge in [-0.25, -0.2) is 4.79 Å². The molecule has 7 nitrogen and oxygen atoms in total. The zero-order valence-corrected chi connectivity index (χ0v) is 18.8. The molecule has 0 aliphatic heterocycles. The number of para-hydroxylation sites is 1. The minimum absolute atomic E-state index is 0.0340. The molecule has 1 aliphatic rings. The van der Waals surface area contributed by atoms with Crippen molar-refractivity contribution in [3.63, 3.8) is 0 Å². The molecule has 3 N–H and O–H groups in total. The highest BCUT2D eigenvalue weighted by Gasteiger charge is 2.29. The topological polar surface area (TPSA) is 105 Å². The van der Waals surface area contributed by atoms with Crippen molar-refractivity contribution >= 4 is 23.7 Å². The van der Waals surface area contributed by atoms with Crippen molar-refractivity contribution in [1.82, 2.24) is 5.32 Å². The maximum atomic E-state index is 12.6. The number of carboxylic acids is 1. The molecule has 7 heteroatoms. The molecule has 0 saturated carbocycles. The van der Waals surface area contributed by atoms with E-state index in [2.05, 4.69) is 34.9 Å². The number of anilines is 1. The molecule has 4 rings (SSSR count). The summed E-state index contributed by atoms with van der Waals surface area (Å²) in [4.78, 5) is 35.6. The monoisotopic (exact) mass is 458 g/mol. The normalized spacial score (nSPS) is 12.9. The van der Waals surface area contributed by atoms with Crippen LogP contribution in [0.1, 0.15) is 36.0 Å². The van der Waals surface area contributed by atoms with E-state index in [-0.39, 0.29) is 24.9 Å². The molecule has 1 atom stereocenters. The van der Waals surface area contributed by atoms with Gasteiger partial charge >= 0.3 is 12.1 Å². The van der Waals surface area contributed by atoms with Crippen molar-refractivity contribution in [2.75, 3.05) is 11.9 Å². The van der Waals surface area contributed by atoms with Crippen LogP contribution in [-0.2, 0) is 20.7 Å². The number of aliphatic carboxylic acids is 1. The fourth-order valence-corrected chi connectivity index (χ4v) is 4.23. The number of ether oxygens (including phenoxy) is 1. The van der Waals surface area contributed by atoms with Crippen molar-refractivity contribution in [1.29, 1.82) is 0 Å². The van der Waals surface area contributed by atoms with Gasteiger partial charge in [0, 0.05) is 18.0 Å². The number of aryl methyl sites for hydroxylation is 1. The first-order valence-corrected chi connectivity index (χ1v) is 11.2. The quantitative estimate of drug-likeness (QED) is 0.459. The van der Waals surface area contributed by atoms with Crippen LogP contribution in [0, 0.1) is 0 Å². The lowest BCUT2D eigenvalue weighted by atomic mass is 9.98. The summed E-state index contributed by atoms with van der Waals surface area (Å²) in [5.74, 6) is -1.50. The molecule has 174 valence electrons. The van der Waals surface area contributed by atoms with Crippen LogP contribution in [0.5, 0.6) is 0 Å².